The molecule has 0 aromatic rings. The van der Waals surface area contributed by atoms with Crippen molar-refractivity contribution in [2.24, 2.45) is 5.73 Å². The maximum absolute atomic E-state index is 11.8. The number of nitriles is 1. The van der Waals surface area contributed by atoms with Crippen LogP contribution in [0.3, 0.4) is 0 Å². The van der Waals surface area contributed by atoms with Gasteiger partial charge in [0.05, 0.1) is 18.2 Å². The smallest absolute Gasteiger partial charge is 0.357 e. The van der Waals surface area contributed by atoms with Gasteiger partial charge in [0.25, 0.3) is 5.91 Å². The van der Waals surface area contributed by atoms with Crippen molar-refractivity contribution in [3.63, 3.8) is 0 Å². The monoisotopic (exact) mass is 284 g/mol. The highest BCUT2D eigenvalue weighted by atomic mass is 35.5. The van der Waals surface area contributed by atoms with E-state index in [-0.39, 0.29) is 36.8 Å². The molecule has 1 atom stereocenters. The molecule has 2 rings (SSSR count). The van der Waals surface area contributed by atoms with E-state index in [2.05, 4.69) is 6.58 Å². The van der Waals surface area contributed by atoms with Crippen LogP contribution in [0.4, 0.5) is 0 Å². The largest absolute Gasteiger partial charge is 0.457 e. The average molecular weight is 285 g/mol. The molecule has 1 amide bonds. The number of halogens is 1. The molecule has 0 saturated carbocycles. The number of nitrogens with zero attached hydrogens (tertiary/aromatic N) is 3. The zero-order valence-electron chi connectivity index (χ0n) is 10.0. The van der Waals surface area contributed by atoms with Gasteiger partial charge in [-0.15, -0.1) is 12.4 Å². The third kappa shape index (κ3) is 2.46. The number of rotatable bonds is 3. The van der Waals surface area contributed by atoms with Crippen molar-refractivity contribution in [1.29, 1.82) is 5.26 Å². The standard InChI is InChI=1S/C11H12N4O3.ClH/c1-2-3-18-11(17)9-7(4-12)5-14-6-8(13)10(16)15(9)14;/h2,8H,1,3,5-6,13H2;1H. The van der Waals surface area contributed by atoms with Gasteiger partial charge in [-0.25, -0.2) is 14.8 Å². The van der Waals surface area contributed by atoms with Crippen LogP contribution in [0.1, 0.15) is 0 Å². The molecule has 2 heterocycles. The van der Waals surface area contributed by atoms with E-state index in [0.717, 1.165) is 5.01 Å². The minimum atomic E-state index is -0.712. The fourth-order valence-electron chi connectivity index (χ4n) is 1.96. The first-order chi connectivity index (χ1) is 8.60. The van der Waals surface area contributed by atoms with Crippen LogP contribution in [0.5, 0.6) is 0 Å². The number of ether oxygens (including phenoxy) is 1. The molecule has 0 aromatic heterocycles. The molecule has 2 aliphatic rings. The third-order valence-corrected chi connectivity index (χ3v) is 2.72. The molecule has 19 heavy (non-hydrogen) atoms. The van der Waals surface area contributed by atoms with Crippen molar-refractivity contribution < 1.29 is 14.3 Å². The summed E-state index contributed by atoms with van der Waals surface area (Å²) in [4.78, 5) is 23.7. The summed E-state index contributed by atoms with van der Waals surface area (Å²) in [5.74, 6) is -1.11. The molecule has 8 heteroatoms. The lowest BCUT2D eigenvalue weighted by atomic mass is 10.2. The van der Waals surface area contributed by atoms with Gasteiger partial charge >= 0.3 is 5.97 Å². The molecule has 0 bridgehead atoms. The topological polar surface area (TPSA) is 99.7 Å². The molecule has 1 saturated heterocycles. The predicted molar refractivity (Wildman–Crippen MR) is 67.4 cm³/mol. The summed E-state index contributed by atoms with van der Waals surface area (Å²) in [7, 11) is 0. The number of hydrazine groups is 1. The van der Waals surface area contributed by atoms with Gasteiger partial charge in [-0.3, -0.25) is 4.79 Å². The van der Waals surface area contributed by atoms with Crippen molar-refractivity contribution in [2.45, 2.75) is 6.04 Å². The Morgan fingerprint density at radius 1 is 1.68 bits per heavy atom. The minimum absolute atomic E-state index is 0. The predicted octanol–water partition coefficient (Wildman–Crippen LogP) is -0.685. The van der Waals surface area contributed by atoms with Gasteiger partial charge < -0.3 is 10.5 Å². The number of amides is 1. The molecule has 1 unspecified atom stereocenters. The summed E-state index contributed by atoms with van der Waals surface area (Å²) >= 11 is 0. The highest BCUT2D eigenvalue weighted by Crippen LogP contribution is 2.28. The first-order valence-corrected chi connectivity index (χ1v) is 5.35. The van der Waals surface area contributed by atoms with Crippen LogP contribution >= 0.6 is 12.4 Å². The quantitative estimate of drug-likeness (QED) is 0.544. The Morgan fingerprint density at radius 3 is 2.95 bits per heavy atom. The van der Waals surface area contributed by atoms with Crippen LogP contribution in [-0.4, -0.2) is 47.6 Å². The van der Waals surface area contributed by atoms with Crippen molar-refractivity contribution in [1.82, 2.24) is 10.0 Å². The summed E-state index contributed by atoms with van der Waals surface area (Å²) in [6.07, 6.45) is 1.41. The second-order valence-electron chi connectivity index (χ2n) is 3.93. The molecule has 1 fully saturated rings. The number of fused-ring (bicyclic) bond motifs is 1. The number of hydrogen-bond acceptors (Lipinski definition) is 6. The third-order valence-electron chi connectivity index (χ3n) is 2.72. The first kappa shape index (κ1) is 15.2. The zero-order valence-corrected chi connectivity index (χ0v) is 10.9. The van der Waals surface area contributed by atoms with E-state index in [9.17, 15) is 9.59 Å². The molecular weight excluding hydrogens is 272 g/mol. The maximum Gasteiger partial charge on any atom is 0.357 e. The van der Waals surface area contributed by atoms with Gasteiger partial charge in [-0.1, -0.05) is 12.7 Å². The maximum atomic E-state index is 11.8. The molecule has 102 valence electrons. The van der Waals surface area contributed by atoms with Crippen LogP contribution in [0, 0.1) is 11.3 Å². The molecule has 0 radical (unpaired) electrons. The molecule has 0 aliphatic carbocycles. The van der Waals surface area contributed by atoms with Gasteiger partial charge in [-0.05, 0) is 0 Å². The van der Waals surface area contributed by atoms with Gasteiger partial charge in [0.15, 0.2) is 5.70 Å². The van der Waals surface area contributed by atoms with E-state index in [1.54, 1.807) is 5.01 Å². The summed E-state index contributed by atoms with van der Waals surface area (Å²) < 4.78 is 4.87. The Kier molecular flexibility index (Phi) is 4.67. The Bertz CT molecular complexity index is 497. The number of nitrogens with two attached hydrogens (primary N) is 1. The summed E-state index contributed by atoms with van der Waals surface area (Å²) in [5.41, 5.74) is 5.79. The van der Waals surface area contributed by atoms with Crippen molar-refractivity contribution in [3.05, 3.63) is 23.9 Å². The SMILES string of the molecule is C=CCOC(=O)C1=C(C#N)CN2CC(N)C(=O)N12.Cl. The lowest BCUT2D eigenvalue weighted by Gasteiger charge is -2.20. The van der Waals surface area contributed by atoms with E-state index in [0.29, 0.717) is 6.54 Å². The molecule has 7 nitrogen and oxygen atoms in total. The van der Waals surface area contributed by atoms with E-state index < -0.39 is 17.9 Å². The van der Waals surface area contributed by atoms with Crippen molar-refractivity contribution in [2.75, 3.05) is 19.7 Å². The summed E-state index contributed by atoms with van der Waals surface area (Å²) in [5, 5.41) is 11.7. The van der Waals surface area contributed by atoms with Crippen LogP contribution < -0.4 is 5.73 Å². The van der Waals surface area contributed by atoms with E-state index in [4.69, 9.17) is 15.7 Å². The van der Waals surface area contributed by atoms with E-state index >= 15 is 0 Å². The Morgan fingerprint density at radius 2 is 2.37 bits per heavy atom. The number of carbonyl (C=O) groups is 2. The fraction of sp³-hybridized carbons (Fsp3) is 0.364. The Hall–Kier alpha value is -1.88. The molecular formula is C11H13ClN4O3. The highest BCUT2D eigenvalue weighted by Gasteiger charge is 2.46. The fourth-order valence-corrected chi connectivity index (χ4v) is 1.96. The molecule has 2 N–H and O–H groups in total. The Labute approximate surface area is 116 Å². The lowest BCUT2D eigenvalue weighted by molar-refractivity contribution is -0.146. The van der Waals surface area contributed by atoms with Crippen LogP contribution in [0.25, 0.3) is 0 Å². The normalized spacial score (nSPS) is 21.8. The average Bonchev–Trinajstić information content (AvgIpc) is 2.84. The van der Waals surface area contributed by atoms with Crippen molar-refractivity contribution in [3.8, 4) is 6.07 Å². The van der Waals surface area contributed by atoms with Crippen LogP contribution in [-0.2, 0) is 14.3 Å². The zero-order chi connectivity index (χ0) is 13.3. The van der Waals surface area contributed by atoms with E-state index in [1.807, 2.05) is 6.07 Å². The van der Waals surface area contributed by atoms with Gasteiger partial charge in [0.2, 0.25) is 0 Å². The van der Waals surface area contributed by atoms with Crippen LogP contribution in [0.2, 0.25) is 0 Å². The number of hydrogen-bond donors (Lipinski definition) is 1. The highest BCUT2D eigenvalue weighted by molar-refractivity contribution is 5.98. The van der Waals surface area contributed by atoms with Gasteiger partial charge in [-0.2, -0.15) is 5.26 Å². The van der Waals surface area contributed by atoms with Crippen LogP contribution in [0.15, 0.2) is 23.9 Å². The molecule has 2 aliphatic heterocycles. The number of carbonyl (C=O) groups excluding carboxylic acids is 2. The lowest BCUT2D eigenvalue weighted by Crippen LogP contribution is -2.37. The molecule has 0 spiro atoms. The minimum Gasteiger partial charge on any atom is -0.457 e. The van der Waals surface area contributed by atoms with Gasteiger partial charge in [0, 0.05) is 6.54 Å². The summed E-state index contributed by atoms with van der Waals surface area (Å²) in [6.45, 7) is 3.94. The Balaban J connectivity index is 0.00000180. The van der Waals surface area contributed by atoms with Crippen molar-refractivity contribution >= 4 is 24.3 Å². The number of esters is 1. The second-order valence-corrected chi connectivity index (χ2v) is 3.93. The molecule has 0 aromatic carbocycles. The second kappa shape index (κ2) is 5.84. The van der Waals surface area contributed by atoms with E-state index in [1.165, 1.54) is 6.08 Å². The summed E-state index contributed by atoms with van der Waals surface area (Å²) in [6, 6.07) is 1.24. The van der Waals surface area contributed by atoms with Gasteiger partial charge in [0.1, 0.15) is 12.6 Å². The first-order valence-electron chi connectivity index (χ1n) is 5.35.